The second kappa shape index (κ2) is 9.62. The van der Waals surface area contributed by atoms with Gasteiger partial charge in [-0.1, -0.05) is 12.1 Å². The summed E-state index contributed by atoms with van der Waals surface area (Å²) in [6.07, 6.45) is -1.22. The normalized spacial score (nSPS) is 18.4. The first-order valence-electron chi connectivity index (χ1n) is 11.8. The maximum absolute atomic E-state index is 13.6. The summed E-state index contributed by atoms with van der Waals surface area (Å²) in [6.45, 7) is 1.57. The summed E-state index contributed by atoms with van der Waals surface area (Å²) in [5.74, 6) is -0.781. The Hall–Kier alpha value is -4.73. The zero-order chi connectivity index (χ0) is 27.1. The first-order chi connectivity index (χ1) is 18.2. The number of nitrogens with zero attached hydrogens (tertiary/aromatic N) is 1. The molecule has 0 radical (unpaired) electrons. The van der Waals surface area contributed by atoms with Crippen LogP contribution < -0.4 is 9.47 Å². The molecule has 194 valence electrons. The van der Waals surface area contributed by atoms with Crippen LogP contribution in [-0.2, 0) is 20.7 Å². The number of Topliss-reactive ketones (excluding diaryl/α,β-unsaturated/α-hetero) is 2. The first-order valence-corrected chi connectivity index (χ1v) is 11.8. The second-order valence-corrected chi connectivity index (χ2v) is 9.00. The molecule has 0 bridgehead atoms. The minimum atomic E-state index is -1.07. The van der Waals surface area contributed by atoms with Gasteiger partial charge < -0.3 is 18.9 Å². The van der Waals surface area contributed by atoms with E-state index in [4.69, 9.17) is 18.9 Å². The van der Waals surface area contributed by atoms with E-state index in [1.807, 2.05) is 0 Å². The highest BCUT2D eigenvalue weighted by molar-refractivity contribution is 6.25. The summed E-state index contributed by atoms with van der Waals surface area (Å²) in [7, 11) is 3.04. The number of allylic oxidation sites excluding steroid dienone is 2. The molecule has 2 atom stereocenters. The molecule has 1 aliphatic carbocycles. The molecule has 0 aromatic heterocycles. The number of carbonyl (C=O) groups is 3. The molecular formula is C28H23NO9. The van der Waals surface area contributed by atoms with Gasteiger partial charge in [-0.15, -0.1) is 0 Å². The van der Waals surface area contributed by atoms with Crippen molar-refractivity contribution in [3.63, 3.8) is 0 Å². The van der Waals surface area contributed by atoms with E-state index in [2.05, 4.69) is 0 Å². The molecule has 38 heavy (non-hydrogen) atoms. The third-order valence-electron chi connectivity index (χ3n) is 6.81. The highest BCUT2D eigenvalue weighted by Gasteiger charge is 2.44. The number of rotatable bonds is 6. The minimum absolute atomic E-state index is 0.0179. The predicted molar refractivity (Wildman–Crippen MR) is 134 cm³/mol. The fourth-order valence-electron chi connectivity index (χ4n) is 5.00. The van der Waals surface area contributed by atoms with Crippen LogP contribution in [-0.4, -0.2) is 43.0 Å². The number of benzene rings is 3. The van der Waals surface area contributed by atoms with Crippen molar-refractivity contribution in [1.29, 1.82) is 0 Å². The minimum Gasteiger partial charge on any atom is -0.496 e. The average molecular weight is 517 g/mol. The Balaban J connectivity index is 1.42. The zero-order valence-electron chi connectivity index (χ0n) is 20.8. The molecule has 0 amide bonds. The summed E-state index contributed by atoms with van der Waals surface area (Å²) in [4.78, 5) is 50.0. The molecule has 0 fully saturated rings. The molecule has 10 heteroatoms. The van der Waals surface area contributed by atoms with E-state index in [1.54, 1.807) is 31.2 Å². The van der Waals surface area contributed by atoms with Crippen LogP contribution in [0.1, 0.15) is 39.6 Å². The number of nitro groups is 1. The topological polar surface area (TPSA) is 131 Å². The van der Waals surface area contributed by atoms with Crippen LogP contribution in [0.25, 0.3) is 10.8 Å². The smallest absolute Gasteiger partial charge is 0.313 e. The van der Waals surface area contributed by atoms with Gasteiger partial charge in [0.15, 0.2) is 11.6 Å². The summed E-state index contributed by atoms with van der Waals surface area (Å²) in [6, 6.07) is 12.3. The summed E-state index contributed by atoms with van der Waals surface area (Å²) < 4.78 is 22.1. The lowest BCUT2D eigenvalue weighted by Gasteiger charge is -2.34. The molecule has 0 spiro atoms. The highest BCUT2D eigenvalue weighted by atomic mass is 16.7. The van der Waals surface area contributed by atoms with Gasteiger partial charge in [0.25, 0.3) is 5.69 Å². The van der Waals surface area contributed by atoms with Gasteiger partial charge in [-0.05, 0) is 36.8 Å². The monoisotopic (exact) mass is 517 g/mol. The molecular weight excluding hydrogens is 494 g/mol. The van der Waals surface area contributed by atoms with Crippen LogP contribution in [0.5, 0.6) is 11.5 Å². The standard InChI is InChI=1S/C28H23NO9/c1-14-26-21(13-25(37-14)38-24(30)10-15-4-6-16(7-5-15)29(33)34)27(31)19-11-17-18(12-20(19)28(26)32)23(36-3)9-8-22(17)35-2/h4-9,11-12,21,25H,10,13H2,1-3H3. The molecule has 0 N–H and O–H groups in total. The number of esters is 1. The van der Waals surface area contributed by atoms with Crippen LogP contribution in [0.3, 0.4) is 0 Å². The summed E-state index contributed by atoms with van der Waals surface area (Å²) in [5.41, 5.74) is 1.19. The fraction of sp³-hybridized carbons (Fsp3) is 0.250. The SMILES string of the molecule is COc1ccc(OC)c2cc3c(cc12)C(=O)C1=C(C)OC(OC(=O)Cc2ccc([N+](=O)[O-])cc2)CC1C3=O. The number of nitro benzene ring substituents is 1. The van der Waals surface area contributed by atoms with Gasteiger partial charge in [-0.2, -0.15) is 0 Å². The Morgan fingerprint density at radius 2 is 1.61 bits per heavy atom. The molecule has 3 aromatic carbocycles. The molecule has 0 saturated carbocycles. The number of methoxy groups -OCH3 is 2. The number of carbonyl (C=O) groups excluding carboxylic acids is 3. The van der Waals surface area contributed by atoms with Crippen LogP contribution in [0.2, 0.25) is 0 Å². The van der Waals surface area contributed by atoms with Crippen LogP contribution in [0.15, 0.2) is 59.9 Å². The maximum Gasteiger partial charge on any atom is 0.313 e. The molecule has 0 saturated heterocycles. The Morgan fingerprint density at radius 3 is 2.18 bits per heavy atom. The number of ketones is 2. The molecule has 2 unspecified atom stereocenters. The van der Waals surface area contributed by atoms with Gasteiger partial charge in [0.2, 0.25) is 6.29 Å². The molecule has 3 aromatic rings. The van der Waals surface area contributed by atoms with E-state index >= 15 is 0 Å². The average Bonchev–Trinajstić information content (AvgIpc) is 2.90. The fourth-order valence-corrected chi connectivity index (χ4v) is 5.00. The van der Waals surface area contributed by atoms with Crippen molar-refractivity contribution in [2.24, 2.45) is 5.92 Å². The number of fused-ring (bicyclic) bond motifs is 3. The van der Waals surface area contributed by atoms with Crippen molar-refractivity contribution >= 4 is 34.0 Å². The molecule has 1 heterocycles. The Morgan fingerprint density at radius 1 is 1.00 bits per heavy atom. The quantitative estimate of drug-likeness (QED) is 0.262. The lowest BCUT2D eigenvalue weighted by atomic mass is 9.74. The summed E-state index contributed by atoms with van der Waals surface area (Å²) in [5, 5.41) is 12.1. The third-order valence-corrected chi connectivity index (χ3v) is 6.81. The van der Waals surface area contributed by atoms with Crippen LogP contribution in [0.4, 0.5) is 5.69 Å². The predicted octanol–water partition coefficient (Wildman–Crippen LogP) is 4.57. The van der Waals surface area contributed by atoms with E-state index in [0.29, 0.717) is 27.8 Å². The molecule has 2 aliphatic rings. The highest BCUT2D eigenvalue weighted by Crippen LogP contribution is 2.43. The zero-order valence-corrected chi connectivity index (χ0v) is 20.8. The van der Waals surface area contributed by atoms with Gasteiger partial charge >= 0.3 is 5.97 Å². The van der Waals surface area contributed by atoms with Crippen molar-refractivity contribution in [1.82, 2.24) is 0 Å². The van der Waals surface area contributed by atoms with Gasteiger partial charge in [0, 0.05) is 46.0 Å². The lowest BCUT2D eigenvalue weighted by Crippen LogP contribution is -2.39. The van der Waals surface area contributed by atoms with Gasteiger partial charge in [-0.3, -0.25) is 24.5 Å². The first kappa shape index (κ1) is 24.9. The van der Waals surface area contributed by atoms with E-state index in [1.165, 1.54) is 38.5 Å². The Bertz CT molecular complexity index is 1540. The van der Waals surface area contributed by atoms with E-state index in [9.17, 15) is 24.5 Å². The van der Waals surface area contributed by atoms with Gasteiger partial charge in [0.1, 0.15) is 17.3 Å². The van der Waals surface area contributed by atoms with E-state index in [0.717, 1.165) is 0 Å². The van der Waals surface area contributed by atoms with Crippen LogP contribution in [0, 0.1) is 16.0 Å². The van der Waals surface area contributed by atoms with E-state index < -0.39 is 23.1 Å². The number of hydrogen-bond donors (Lipinski definition) is 0. The number of non-ortho nitro benzene ring substituents is 1. The number of hydrogen-bond acceptors (Lipinski definition) is 9. The molecule has 10 nitrogen and oxygen atoms in total. The Kier molecular flexibility index (Phi) is 6.31. The number of ether oxygens (including phenoxy) is 4. The third kappa shape index (κ3) is 4.23. The Labute approximate surface area is 216 Å². The largest absolute Gasteiger partial charge is 0.496 e. The van der Waals surface area contributed by atoms with Gasteiger partial charge in [0.05, 0.1) is 31.5 Å². The molecule has 1 aliphatic heterocycles. The van der Waals surface area contributed by atoms with Crippen LogP contribution >= 0.6 is 0 Å². The summed E-state index contributed by atoms with van der Waals surface area (Å²) >= 11 is 0. The van der Waals surface area contributed by atoms with Crippen molar-refractivity contribution < 1.29 is 38.3 Å². The van der Waals surface area contributed by atoms with Crippen molar-refractivity contribution in [2.75, 3.05) is 14.2 Å². The maximum atomic E-state index is 13.6. The second-order valence-electron chi connectivity index (χ2n) is 9.00. The molecule has 5 rings (SSSR count). The van der Waals surface area contributed by atoms with Crippen molar-refractivity contribution in [3.8, 4) is 11.5 Å². The van der Waals surface area contributed by atoms with Crippen molar-refractivity contribution in [3.05, 3.63) is 86.7 Å². The van der Waals surface area contributed by atoms with E-state index in [-0.39, 0.29) is 52.6 Å². The lowest BCUT2D eigenvalue weighted by molar-refractivity contribution is -0.384. The van der Waals surface area contributed by atoms with Crippen molar-refractivity contribution in [2.45, 2.75) is 26.1 Å². The van der Waals surface area contributed by atoms with Gasteiger partial charge in [-0.25, -0.2) is 0 Å².